The van der Waals surface area contributed by atoms with Gasteiger partial charge in [0.1, 0.15) is 5.75 Å². The van der Waals surface area contributed by atoms with Crippen LogP contribution in [0.4, 0.5) is 10.2 Å². The molecule has 8 nitrogen and oxygen atoms in total. The van der Waals surface area contributed by atoms with Crippen LogP contribution in [0.15, 0.2) is 30.6 Å². The minimum atomic E-state index is -0.621. The fourth-order valence-electron chi connectivity index (χ4n) is 3.60. The molecule has 0 amide bonds. The van der Waals surface area contributed by atoms with Crippen LogP contribution in [0, 0.1) is 5.95 Å². The summed E-state index contributed by atoms with van der Waals surface area (Å²) in [7, 11) is 0. The number of phenols is 1. The Morgan fingerprint density at radius 1 is 1.24 bits per heavy atom. The van der Waals surface area contributed by atoms with Gasteiger partial charge < -0.3 is 15.3 Å². The highest BCUT2D eigenvalue weighted by atomic mass is 19.1. The lowest BCUT2D eigenvalue weighted by Crippen LogP contribution is -2.45. The number of aromatic amines is 1. The van der Waals surface area contributed by atoms with E-state index in [0.717, 1.165) is 19.5 Å². The second kappa shape index (κ2) is 7.40. The van der Waals surface area contributed by atoms with Gasteiger partial charge in [-0.15, -0.1) is 15.3 Å². The lowest BCUT2D eigenvalue weighted by molar-refractivity contribution is 0.373. The number of rotatable bonds is 4. The summed E-state index contributed by atoms with van der Waals surface area (Å²) >= 11 is 0. The molecule has 1 aliphatic heterocycles. The zero-order chi connectivity index (χ0) is 20.6. The number of H-pyrrole nitrogens is 1. The van der Waals surface area contributed by atoms with Crippen LogP contribution < -0.4 is 10.2 Å². The first-order chi connectivity index (χ1) is 13.8. The average Bonchev–Trinajstić information content (AvgIpc) is 3.29. The Labute approximate surface area is 168 Å². The topological polar surface area (TPSA) is 103 Å². The van der Waals surface area contributed by atoms with E-state index in [2.05, 4.69) is 56.4 Å². The second-order valence-electron chi connectivity index (χ2n) is 8.29. The van der Waals surface area contributed by atoms with Crippen LogP contribution in [0.3, 0.4) is 0 Å². The zero-order valence-corrected chi connectivity index (χ0v) is 16.6. The summed E-state index contributed by atoms with van der Waals surface area (Å²) in [6.45, 7) is 8.21. The van der Waals surface area contributed by atoms with Crippen molar-refractivity contribution in [1.82, 2.24) is 30.7 Å². The molecule has 1 fully saturated rings. The Morgan fingerprint density at radius 3 is 2.69 bits per heavy atom. The van der Waals surface area contributed by atoms with Crippen LogP contribution >= 0.6 is 0 Å². The molecule has 152 valence electrons. The lowest BCUT2D eigenvalue weighted by atomic mass is 10.1. The van der Waals surface area contributed by atoms with Gasteiger partial charge in [-0.05, 0) is 44.9 Å². The van der Waals surface area contributed by atoms with Gasteiger partial charge in [-0.25, -0.2) is 4.98 Å². The quantitative estimate of drug-likeness (QED) is 0.622. The predicted octanol–water partition coefficient (Wildman–Crippen LogP) is 2.74. The van der Waals surface area contributed by atoms with E-state index in [9.17, 15) is 9.50 Å². The summed E-state index contributed by atoms with van der Waals surface area (Å²) in [6, 6.07) is 5.19. The maximum atomic E-state index is 13.6. The molecule has 29 heavy (non-hydrogen) atoms. The van der Waals surface area contributed by atoms with Crippen molar-refractivity contribution in [1.29, 1.82) is 0 Å². The highest BCUT2D eigenvalue weighted by molar-refractivity contribution is 5.72. The Bertz CT molecular complexity index is 997. The molecule has 3 heterocycles. The Hall–Kier alpha value is -3.07. The molecule has 0 radical (unpaired) electrons. The fourth-order valence-corrected chi connectivity index (χ4v) is 3.60. The zero-order valence-electron chi connectivity index (χ0n) is 16.6. The highest BCUT2D eigenvalue weighted by Gasteiger charge is 2.27. The molecule has 0 bridgehead atoms. The minimum Gasteiger partial charge on any atom is -0.507 e. The van der Waals surface area contributed by atoms with Crippen molar-refractivity contribution in [3.63, 3.8) is 0 Å². The largest absolute Gasteiger partial charge is 0.507 e. The Morgan fingerprint density at radius 2 is 2.07 bits per heavy atom. The van der Waals surface area contributed by atoms with E-state index < -0.39 is 5.95 Å². The highest BCUT2D eigenvalue weighted by Crippen LogP contribution is 2.32. The number of nitrogens with zero attached hydrogens (tertiary/aromatic N) is 5. The smallest absolute Gasteiger partial charge is 0.240 e. The van der Waals surface area contributed by atoms with Crippen LogP contribution in [-0.4, -0.2) is 55.2 Å². The van der Waals surface area contributed by atoms with Gasteiger partial charge in [0.25, 0.3) is 0 Å². The van der Waals surface area contributed by atoms with Crippen molar-refractivity contribution in [2.45, 2.75) is 38.8 Å². The maximum absolute atomic E-state index is 13.6. The van der Waals surface area contributed by atoms with Crippen molar-refractivity contribution < 1.29 is 9.50 Å². The van der Waals surface area contributed by atoms with E-state index in [1.807, 2.05) is 0 Å². The van der Waals surface area contributed by atoms with Crippen LogP contribution in [0.25, 0.3) is 22.5 Å². The average molecular weight is 397 g/mol. The number of anilines is 1. The first kappa shape index (κ1) is 19.3. The summed E-state index contributed by atoms with van der Waals surface area (Å²) in [4.78, 5) is 6.53. The molecule has 0 spiro atoms. The molecular formula is C20H24FN7O. The lowest BCUT2D eigenvalue weighted by Gasteiger charge is -2.26. The molecule has 1 aliphatic rings. The standard InChI is InChI=1S/C20H24FN7O/c1-20(2,3)24-13-6-7-28(11-13)17-10-22-19(27-25-17)14-5-4-12(8-16(14)29)15-9-23-26-18(15)21/h4-5,8-10,13,24,29H,6-7,11H2,1-3H3,(H,23,26). The van der Waals surface area contributed by atoms with E-state index >= 15 is 0 Å². The molecule has 0 saturated carbocycles. The van der Waals surface area contributed by atoms with Crippen molar-refractivity contribution >= 4 is 5.82 Å². The van der Waals surface area contributed by atoms with Gasteiger partial charge in [-0.3, -0.25) is 5.10 Å². The first-order valence-corrected chi connectivity index (χ1v) is 9.55. The normalized spacial score (nSPS) is 17.1. The van der Waals surface area contributed by atoms with Crippen molar-refractivity contribution in [2.75, 3.05) is 18.0 Å². The van der Waals surface area contributed by atoms with Crippen LogP contribution in [0.1, 0.15) is 27.2 Å². The van der Waals surface area contributed by atoms with Crippen molar-refractivity contribution in [3.8, 4) is 28.3 Å². The summed E-state index contributed by atoms with van der Waals surface area (Å²) < 4.78 is 13.6. The third-order valence-corrected chi connectivity index (χ3v) is 4.84. The summed E-state index contributed by atoms with van der Waals surface area (Å²) in [6.07, 6.45) is 4.15. The van der Waals surface area contributed by atoms with Gasteiger partial charge >= 0.3 is 0 Å². The molecule has 2 aromatic heterocycles. The number of aromatic hydroxyl groups is 1. The fraction of sp³-hybridized carbons (Fsp3) is 0.400. The predicted molar refractivity (Wildman–Crippen MR) is 108 cm³/mol. The van der Waals surface area contributed by atoms with Crippen molar-refractivity contribution in [3.05, 3.63) is 36.5 Å². The monoisotopic (exact) mass is 397 g/mol. The van der Waals surface area contributed by atoms with Gasteiger partial charge in [0.15, 0.2) is 11.6 Å². The van der Waals surface area contributed by atoms with Gasteiger partial charge in [-0.1, -0.05) is 6.07 Å². The van der Waals surface area contributed by atoms with E-state index in [1.165, 1.54) is 12.3 Å². The van der Waals surface area contributed by atoms with Crippen LogP contribution in [0.5, 0.6) is 5.75 Å². The second-order valence-corrected chi connectivity index (χ2v) is 8.29. The number of hydrogen-bond donors (Lipinski definition) is 3. The van der Waals surface area contributed by atoms with Crippen molar-refractivity contribution in [2.24, 2.45) is 0 Å². The third-order valence-electron chi connectivity index (χ3n) is 4.84. The van der Waals surface area contributed by atoms with E-state index in [4.69, 9.17) is 0 Å². The van der Waals surface area contributed by atoms with Crippen LogP contribution in [0.2, 0.25) is 0 Å². The number of aromatic nitrogens is 5. The summed E-state index contributed by atoms with van der Waals surface area (Å²) in [5, 5.41) is 28.4. The summed E-state index contributed by atoms with van der Waals surface area (Å²) in [5.41, 5.74) is 1.30. The van der Waals surface area contributed by atoms with Gasteiger partial charge in [0.05, 0.1) is 17.3 Å². The van der Waals surface area contributed by atoms with E-state index in [0.29, 0.717) is 28.8 Å². The Kier molecular flexibility index (Phi) is 4.91. The van der Waals surface area contributed by atoms with Gasteiger partial charge in [-0.2, -0.15) is 4.39 Å². The number of nitrogens with one attached hydrogen (secondary N) is 2. The van der Waals surface area contributed by atoms with Crippen LogP contribution in [-0.2, 0) is 0 Å². The molecule has 1 aromatic carbocycles. The summed E-state index contributed by atoms with van der Waals surface area (Å²) in [5.74, 6) is 0.357. The SMILES string of the molecule is CC(C)(C)NC1CCN(c2cnc(-c3ccc(-c4c[nH]nc4F)cc3O)nn2)C1. The molecule has 1 unspecified atom stereocenters. The molecule has 3 aromatic rings. The maximum Gasteiger partial charge on any atom is 0.240 e. The van der Waals surface area contributed by atoms with Gasteiger partial charge in [0, 0.05) is 30.9 Å². The number of benzene rings is 1. The molecule has 0 aliphatic carbocycles. The van der Waals surface area contributed by atoms with E-state index in [1.54, 1.807) is 18.3 Å². The Balaban J connectivity index is 1.49. The number of hydrogen-bond acceptors (Lipinski definition) is 7. The molecule has 1 atom stereocenters. The molecule has 4 rings (SSSR count). The number of phenolic OH excluding ortho intramolecular Hbond substituents is 1. The number of halogens is 1. The van der Waals surface area contributed by atoms with Gasteiger partial charge in [0.2, 0.25) is 5.95 Å². The molecule has 1 saturated heterocycles. The molecule has 9 heteroatoms. The third kappa shape index (κ3) is 4.19. The van der Waals surface area contributed by atoms with E-state index in [-0.39, 0.29) is 16.9 Å². The molecule has 3 N–H and O–H groups in total. The molecular weight excluding hydrogens is 373 g/mol. The first-order valence-electron chi connectivity index (χ1n) is 9.55. The minimum absolute atomic E-state index is 0.0479.